The third-order valence-electron chi connectivity index (χ3n) is 3.86. The fourth-order valence-electron chi connectivity index (χ4n) is 2.67. The molecule has 0 aliphatic heterocycles. The molecule has 0 bridgehead atoms. The topological polar surface area (TPSA) is 17.1 Å². The molecule has 1 aliphatic carbocycles. The van der Waals surface area contributed by atoms with Gasteiger partial charge in [0.1, 0.15) is 0 Å². The smallest absolute Gasteiger partial charge is 0.176 e. The molecule has 21 heavy (non-hydrogen) atoms. The van der Waals surface area contributed by atoms with Crippen molar-refractivity contribution >= 4 is 23.5 Å². The number of allylic oxidation sites excluding steroid dienone is 1. The molecular weight excluding hydrogens is 280 g/mol. The predicted molar refractivity (Wildman–Crippen MR) is 88.4 cm³/mol. The van der Waals surface area contributed by atoms with E-state index in [1.807, 2.05) is 24.3 Å². The van der Waals surface area contributed by atoms with Crippen LogP contribution in [0.25, 0.3) is 17.2 Å². The van der Waals surface area contributed by atoms with Crippen LogP contribution >= 0.6 is 11.6 Å². The van der Waals surface area contributed by atoms with Crippen molar-refractivity contribution in [1.29, 1.82) is 0 Å². The van der Waals surface area contributed by atoms with Gasteiger partial charge >= 0.3 is 0 Å². The summed E-state index contributed by atoms with van der Waals surface area (Å²) in [5.41, 5.74) is 4.30. The van der Waals surface area contributed by atoms with Crippen molar-refractivity contribution < 1.29 is 4.79 Å². The summed E-state index contributed by atoms with van der Waals surface area (Å²) in [4.78, 5) is 12.0. The highest BCUT2D eigenvalue weighted by atomic mass is 35.5. The number of hydrogen-bond donors (Lipinski definition) is 0. The monoisotopic (exact) mass is 296 g/mol. The van der Waals surface area contributed by atoms with Crippen molar-refractivity contribution in [3.05, 3.63) is 65.7 Å². The Morgan fingerprint density at radius 2 is 1.62 bits per heavy atom. The van der Waals surface area contributed by atoms with Gasteiger partial charge in [-0.05, 0) is 47.6 Å². The molecule has 1 saturated carbocycles. The molecule has 0 amide bonds. The Hall–Kier alpha value is -1.86. The predicted octanol–water partition coefficient (Wildman–Crippen LogP) is 5.10. The lowest BCUT2D eigenvalue weighted by Crippen LogP contribution is -2.21. The molecule has 1 fully saturated rings. The van der Waals surface area contributed by atoms with E-state index in [1.165, 1.54) is 11.1 Å². The molecule has 3 rings (SSSR count). The van der Waals surface area contributed by atoms with E-state index in [0.717, 1.165) is 30.4 Å². The van der Waals surface area contributed by atoms with E-state index in [9.17, 15) is 4.79 Å². The highest BCUT2D eigenvalue weighted by Crippen LogP contribution is 2.26. The van der Waals surface area contributed by atoms with Gasteiger partial charge in [-0.25, -0.2) is 0 Å². The average molecular weight is 297 g/mol. The minimum atomic E-state index is -0.339. The summed E-state index contributed by atoms with van der Waals surface area (Å²) in [6.07, 6.45) is 4.60. The van der Waals surface area contributed by atoms with Gasteiger partial charge < -0.3 is 0 Å². The van der Waals surface area contributed by atoms with Crippen LogP contribution in [-0.4, -0.2) is 11.2 Å². The van der Waals surface area contributed by atoms with Gasteiger partial charge in [-0.15, -0.1) is 11.6 Å². The van der Waals surface area contributed by atoms with Gasteiger partial charge in [0, 0.05) is 0 Å². The van der Waals surface area contributed by atoms with Gasteiger partial charge in [0.25, 0.3) is 0 Å². The molecular formula is C19H17ClO. The number of Topliss-reactive ketones (excluding diaryl/α,β-unsaturated/α-hetero) is 1. The summed E-state index contributed by atoms with van der Waals surface area (Å²) < 4.78 is 0. The molecule has 0 aromatic heterocycles. The number of carbonyl (C=O) groups is 1. The van der Waals surface area contributed by atoms with Crippen LogP contribution in [0.4, 0.5) is 0 Å². The van der Waals surface area contributed by atoms with Gasteiger partial charge in [-0.2, -0.15) is 0 Å². The lowest BCUT2D eigenvalue weighted by molar-refractivity contribution is -0.116. The van der Waals surface area contributed by atoms with Crippen molar-refractivity contribution in [2.45, 2.75) is 24.6 Å². The quantitative estimate of drug-likeness (QED) is 0.557. The van der Waals surface area contributed by atoms with Crippen LogP contribution in [0.15, 0.2) is 60.2 Å². The van der Waals surface area contributed by atoms with Crippen molar-refractivity contribution in [3.8, 4) is 11.1 Å². The third-order valence-corrected chi connectivity index (χ3v) is 4.28. The van der Waals surface area contributed by atoms with E-state index >= 15 is 0 Å². The summed E-state index contributed by atoms with van der Waals surface area (Å²) >= 11 is 6.04. The highest BCUT2D eigenvalue weighted by Gasteiger charge is 2.24. The number of rotatable bonds is 2. The second-order valence-corrected chi connectivity index (χ2v) is 5.91. The van der Waals surface area contributed by atoms with Gasteiger partial charge in [0.2, 0.25) is 0 Å². The normalized spacial score (nSPS) is 20.7. The third kappa shape index (κ3) is 3.25. The minimum absolute atomic E-state index is 0.0926. The Bertz CT molecular complexity index is 656. The van der Waals surface area contributed by atoms with Crippen molar-refractivity contribution in [1.82, 2.24) is 0 Å². The molecule has 1 aliphatic rings. The summed E-state index contributed by atoms with van der Waals surface area (Å²) in [6, 6.07) is 18.6. The molecule has 0 saturated heterocycles. The van der Waals surface area contributed by atoms with Crippen LogP contribution in [-0.2, 0) is 4.79 Å². The molecule has 0 heterocycles. The van der Waals surface area contributed by atoms with E-state index in [-0.39, 0.29) is 11.2 Å². The van der Waals surface area contributed by atoms with Crippen LogP contribution in [0.1, 0.15) is 24.8 Å². The minimum Gasteiger partial charge on any atom is -0.293 e. The Balaban J connectivity index is 1.83. The molecule has 1 atom stereocenters. The Morgan fingerprint density at radius 1 is 0.952 bits per heavy atom. The molecule has 0 N–H and O–H groups in total. The van der Waals surface area contributed by atoms with Gasteiger partial charge in [0.15, 0.2) is 5.78 Å². The zero-order valence-electron chi connectivity index (χ0n) is 11.8. The summed E-state index contributed by atoms with van der Waals surface area (Å²) in [5, 5.41) is -0.339. The highest BCUT2D eigenvalue weighted by molar-refractivity contribution is 6.34. The summed E-state index contributed by atoms with van der Waals surface area (Å²) in [5.74, 6) is 0.0926. The lowest BCUT2D eigenvalue weighted by atomic mass is 9.91. The van der Waals surface area contributed by atoms with Crippen LogP contribution < -0.4 is 0 Å². The summed E-state index contributed by atoms with van der Waals surface area (Å²) in [6.45, 7) is 0. The van der Waals surface area contributed by atoms with Crippen LogP contribution in [0.5, 0.6) is 0 Å². The molecule has 2 aromatic rings. The maximum absolute atomic E-state index is 12.0. The molecule has 1 unspecified atom stereocenters. The first kappa shape index (κ1) is 14.1. The molecule has 0 radical (unpaired) electrons. The van der Waals surface area contributed by atoms with Crippen LogP contribution in [0.2, 0.25) is 0 Å². The fourth-order valence-corrected chi connectivity index (χ4v) is 2.97. The second-order valence-electron chi connectivity index (χ2n) is 5.38. The maximum atomic E-state index is 12.0. The zero-order valence-corrected chi connectivity index (χ0v) is 12.5. The van der Waals surface area contributed by atoms with Crippen molar-refractivity contribution in [2.75, 3.05) is 0 Å². The fraction of sp³-hybridized carbons (Fsp3) is 0.211. The molecule has 2 aromatic carbocycles. The number of halogens is 1. The van der Waals surface area contributed by atoms with Crippen LogP contribution in [0, 0.1) is 0 Å². The number of hydrogen-bond acceptors (Lipinski definition) is 1. The standard InChI is InChI=1S/C19H17ClO/c20-18-8-4-7-17(19(18)21)13-14-9-11-16(12-10-14)15-5-2-1-3-6-15/h1-3,5-6,9-13,18H,4,7-8H2. The van der Waals surface area contributed by atoms with E-state index in [2.05, 4.69) is 36.4 Å². The molecule has 1 nitrogen and oxygen atoms in total. The first-order chi connectivity index (χ1) is 10.2. The Kier molecular flexibility index (Phi) is 4.21. The molecule has 106 valence electrons. The number of benzene rings is 2. The summed E-state index contributed by atoms with van der Waals surface area (Å²) in [7, 11) is 0. The lowest BCUT2D eigenvalue weighted by Gasteiger charge is -2.17. The number of carbonyl (C=O) groups excluding carboxylic acids is 1. The molecule has 2 heteroatoms. The van der Waals surface area contributed by atoms with E-state index in [0.29, 0.717) is 0 Å². The largest absolute Gasteiger partial charge is 0.293 e. The first-order valence-corrected chi connectivity index (χ1v) is 7.72. The number of alkyl halides is 1. The molecule has 0 spiro atoms. The van der Waals surface area contributed by atoms with Gasteiger partial charge in [0.05, 0.1) is 5.38 Å². The zero-order chi connectivity index (χ0) is 14.7. The van der Waals surface area contributed by atoms with Crippen LogP contribution in [0.3, 0.4) is 0 Å². The number of ketones is 1. The second kappa shape index (κ2) is 6.28. The first-order valence-electron chi connectivity index (χ1n) is 7.28. The van der Waals surface area contributed by atoms with Gasteiger partial charge in [-0.1, -0.05) is 54.6 Å². The van der Waals surface area contributed by atoms with Crippen molar-refractivity contribution in [3.63, 3.8) is 0 Å². The van der Waals surface area contributed by atoms with E-state index < -0.39 is 0 Å². The van der Waals surface area contributed by atoms with E-state index in [1.54, 1.807) is 0 Å². The average Bonchev–Trinajstić information content (AvgIpc) is 2.53. The van der Waals surface area contributed by atoms with Crippen molar-refractivity contribution in [2.24, 2.45) is 0 Å². The SMILES string of the molecule is O=C1C(=Cc2ccc(-c3ccccc3)cc2)CCCC1Cl. The Morgan fingerprint density at radius 3 is 2.33 bits per heavy atom. The van der Waals surface area contributed by atoms with Gasteiger partial charge in [-0.3, -0.25) is 4.79 Å². The Labute approximate surface area is 130 Å². The maximum Gasteiger partial charge on any atom is 0.176 e. The van der Waals surface area contributed by atoms with E-state index in [4.69, 9.17) is 11.6 Å².